The molecule has 0 radical (unpaired) electrons. The van der Waals surface area contributed by atoms with Crippen molar-refractivity contribution in [1.29, 1.82) is 0 Å². The Hall–Kier alpha value is -4.83. The summed E-state index contributed by atoms with van der Waals surface area (Å²) in [5.41, 5.74) is 1.92. The van der Waals surface area contributed by atoms with Crippen molar-refractivity contribution in [3.8, 4) is 17.2 Å². The van der Waals surface area contributed by atoms with Gasteiger partial charge in [0.25, 0.3) is 10.0 Å². The Morgan fingerprint density at radius 1 is 0.830 bits per heavy atom. The van der Waals surface area contributed by atoms with E-state index in [9.17, 15) is 18.0 Å². The summed E-state index contributed by atoms with van der Waals surface area (Å²) >= 11 is 0. The highest BCUT2D eigenvalue weighted by Gasteiger charge is 2.33. The monoisotopic (exact) mass is 657 g/mol. The molecule has 0 aliphatic carbocycles. The number of anilines is 1. The van der Waals surface area contributed by atoms with Crippen LogP contribution in [0, 0.1) is 6.92 Å². The molecule has 0 fully saturated rings. The molecule has 4 aromatic carbocycles. The van der Waals surface area contributed by atoms with E-state index in [1.165, 1.54) is 17.0 Å². The zero-order valence-corrected chi connectivity index (χ0v) is 28.2. The number of ether oxygens (including phenoxy) is 2. The predicted molar refractivity (Wildman–Crippen MR) is 184 cm³/mol. The third-order valence-electron chi connectivity index (χ3n) is 7.69. The van der Waals surface area contributed by atoms with Gasteiger partial charge in [-0.3, -0.25) is 13.9 Å². The van der Waals surface area contributed by atoms with E-state index in [0.717, 1.165) is 28.3 Å². The molecule has 0 spiro atoms. The maximum atomic E-state index is 14.3. The second-order valence-electron chi connectivity index (χ2n) is 11.2. The first-order chi connectivity index (χ1) is 22.7. The summed E-state index contributed by atoms with van der Waals surface area (Å²) in [5.74, 6) is 0.943. The normalized spacial score (nSPS) is 11.7. The number of carbonyl (C=O) groups excluding carboxylic acids is 2. The van der Waals surface area contributed by atoms with E-state index in [1.807, 2.05) is 63.2 Å². The van der Waals surface area contributed by atoms with Crippen molar-refractivity contribution in [2.45, 2.75) is 57.5 Å². The average Bonchev–Trinajstić information content (AvgIpc) is 3.08. The molecular weight excluding hydrogens is 614 g/mol. The number of benzene rings is 4. The first-order valence-electron chi connectivity index (χ1n) is 15.8. The smallest absolute Gasteiger partial charge is 0.264 e. The largest absolute Gasteiger partial charge is 0.497 e. The van der Waals surface area contributed by atoms with Gasteiger partial charge in [0, 0.05) is 13.1 Å². The molecule has 4 rings (SSSR count). The number of amides is 2. The quantitative estimate of drug-likeness (QED) is 0.134. The van der Waals surface area contributed by atoms with E-state index in [1.54, 1.807) is 55.6 Å². The molecule has 0 bridgehead atoms. The fraction of sp³-hybridized carbons (Fsp3) is 0.297. The highest BCUT2D eigenvalue weighted by Crippen LogP contribution is 2.29. The Balaban J connectivity index is 1.72. The Morgan fingerprint density at radius 2 is 1.49 bits per heavy atom. The maximum absolute atomic E-state index is 14.3. The lowest BCUT2D eigenvalue weighted by Crippen LogP contribution is -2.52. The highest BCUT2D eigenvalue weighted by atomic mass is 32.2. The highest BCUT2D eigenvalue weighted by molar-refractivity contribution is 7.92. The van der Waals surface area contributed by atoms with Crippen molar-refractivity contribution in [2.75, 3.05) is 24.5 Å². The number of unbranched alkanes of at least 4 members (excludes halogenated alkanes) is 1. The van der Waals surface area contributed by atoms with Crippen LogP contribution in [0.1, 0.15) is 44.2 Å². The molecule has 0 heterocycles. The zero-order valence-electron chi connectivity index (χ0n) is 27.4. The van der Waals surface area contributed by atoms with Crippen LogP contribution in [0.25, 0.3) is 0 Å². The van der Waals surface area contributed by atoms with Crippen LogP contribution in [0.2, 0.25) is 0 Å². The van der Waals surface area contributed by atoms with Gasteiger partial charge in [-0.25, -0.2) is 8.42 Å². The number of para-hydroxylation sites is 1. The fourth-order valence-corrected chi connectivity index (χ4v) is 6.48. The first-order valence-corrected chi connectivity index (χ1v) is 17.2. The van der Waals surface area contributed by atoms with Crippen molar-refractivity contribution in [3.05, 3.63) is 114 Å². The van der Waals surface area contributed by atoms with Crippen LogP contribution in [0.5, 0.6) is 17.2 Å². The SMILES string of the molecule is CCCCNC(=O)[C@@H](CC)N(Cc1cccc(OC)c1)C(=O)CN(c1ccc(Oc2ccccc2)cc1)S(=O)(=O)c1ccc(C)cc1. The molecule has 0 aliphatic heterocycles. The number of sulfonamides is 1. The van der Waals surface area contributed by atoms with E-state index >= 15 is 0 Å². The van der Waals surface area contributed by atoms with Gasteiger partial charge < -0.3 is 19.7 Å². The van der Waals surface area contributed by atoms with Crippen LogP contribution in [0.15, 0.2) is 108 Å². The van der Waals surface area contributed by atoms with Gasteiger partial charge >= 0.3 is 0 Å². The van der Waals surface area contributed by atoms with Crippen molar-refractivity contribution in [3.63, 3.8) is 0 Å². The summed E-state index contributed by atoms with van der Waals surface area (Å²) in [6.07, 6.45) is 2.05. The Labute approximate surface area is 278 Å². The molecule has 10 heteroatoms. The molecule has 0 saturated carbocycles. The molecular formula is C37H43N3O6S. The molecule has 47 heavy (non-hydrogen) atoms. The molecule has 248 valence electrons. The molecule has 4 aromatic rings. The topological polar surface area (TPSA) is 105 Å². The van der Waals surface area contributed by atoms with Crippen LogP contribution < -0.4 is 19.1 Å². The molecule has 2 amide bonds. The molecule has 0 unspecified atom stereocenters. The van der Waals surface area contributed by atoms with Gasteiger partial charge in [0.05, 0.1) is 17.7 Å². The minimum atomic E-state index is -4.20. The summed E-state index contributed by atoms with van der Waals surface area (Å²) in [4.78, 5) is 29.3. The lowest BCUT2D eigenvalue weighted by Gasteiger charge is -2.33. The number of nitrogens with zero attached hydrogens (tertiary/aromatic N) is 2. The Kier molecular flexibility index (Phi) is 12.4. The minimum Gasteiger partial charge on any atom is -0.497 e. The van der Waals surface area contributed by atoms with Gasteiger partial charge in [0.15, 0.2) is 0 Å². The molecule has 0 saturated heterocycles. The van der Waals surface area contributed by atoms with Gasteiger partial charge in [-0.15, -0.1) is 0 Å². The fourth-order valence-electron chi connectivity index (χ4n) is 5.06. The number of nitrogens with one attached hydrogen (secondary N) is 1. The van der Waals surface area contributed by atoms with Gasteiger partial charge in [0.2, 0.25) is 11.8 Å². The van der Waals surface area contributed by atoms with Gasteiger partial charge in [-0.1, -0.05) is 68.3 Å². The predicted octanol–water partition coefficient (Wildman–Crippen LogP) is 6.71. The van der Waals surface area contributed by atoms with E-state index in [0.29, 0.717) is 30.2 Å². The second-order valence-corrected chi connectivity index (χ2v) is 13.0. The van der Waals surface area contributed by atoms with E-state index in [-0.39, 0.29) is 23.0 Å². The Morgan fingerprint density at radius 3 is 2.13 bits per heavy atom. The van der Waals surface area contributed by atoms with Crippen LogP contribution in [0.3, 0.4) is 0 Å². The van der Waals surface area contributed by atoms with Gasteiger partial charge in [-0.05, 0) is 86.0 Å². The molecule has 1 atom stereocenters. The maximum Gasteiger partial charge on any atom is 0.264 e. The third-order valence-corrected chi connectivity index (χ3v) is 9.48. The minimum absolute atomic E-state index is 0.0456. The summed E-state index contributed by atoms with van der Waals surface area (Å²) in [5, 5.41) is 2.95. The average molecular weight is 658 g/mol. The van der Waals surface area contributed by atoms with Crippen LogP contribution in [0.4, 0.5) is 5.69 Å². The number of hydrogen-bond acceptors (Lipinski definition) is 6. The molecule has 0 aliphatic rings. The van der Waals surface area contributed by atoms with Gasteiger partial charge in [0.1, 0.15) is 29.8 Å². The standard InChI is InChI=1S/C37H43N3O6S/c1-5-7-24-38-37(42)35(6-2)39(26-29-12-11-15-33(25-29)45-4)36(41)27-40(47(43,44)34-22-16-28(3)17-23-34)30-18-20-32(21-19-30)46-31-13-9-8-10-14-31/h8-23,25,35H,5-7,24,26-27H2,1-4H3,(H,38,42)/t35-/m1/s1. The third kappa shape index (κ3) is 9.36. The number of rotatable bonds is 16. The first kappa shape index (κ1) is 35.0. The number of methoxy groups -OCH3 is 1. The number of aryl methyl sites for hydroxylation is 1. The molecule has 0 aromatic heterocycles. The lowest BCUT2D eigenvalue weighted by atomic mass is 10.1. The second kappa shape index (κ2) is 16.6. The summed E-state index contributed by atoms with van der Waals surface area (Å²) < 4.78 is 40.8. The number of hydrogen-bond donors (Lipinski definition) is 1. The van der Waals surface area contributed by atoms with Crippen molar-refractivity contribution >= 4 is 27.5 Å². The summed E-state index contributed by atoms with van der Waals surface area (Å²) in [6.45, 7) is 5.78. The van der Waals surface area contributed by atoms with E-state index in [2.05, 4.69) is 5.32 Å². The van der Waals surface area contributed by atoms with Crippen molar-refractivity contribution < 1.29 is 27.5 Å². The van der Waals surface area contributed by atoms with Crippen LogP contribution in [-0.4, -0.2) is 51.4 Å². The Bertz CT molecular complexity index is 1710. The van der Waals surface area contributed by atoms with Crippen molar-refractivity contribution in [2.24, 2.45) is 0 Å². The van der Waals surface area contributed by atoms with E-state index in [4.69, 9.17) is 9.47 Å². The van der Waals surface area contributed by atoms with Crippen LogP contribution >= 0.6 is 0 Å². The zero-order chi connectivity index (χ0) is 33.8. The molecule has 9 nitrogen and oxygen atoms in total. The molecule has 1 N–H and O–H groups in total. The van der Waals surface area contributed by atoms with E-state index < -0.39 is 28.5 Å². The van der Waals surface area contributed by atoms with Crippen molar-refractivity contribution in [1.82, 2.24) is 10.2 Å². The van der Waals surface area contributed by atoms with Crippen LogP contribution in [-0.2, 0) is 26.2 Å². The number of carbonyl (C=O) groups is 2. The summed E-state index contributed by atoms with van der Waals surface area (Å²) in [7, 11) is -2.64. The summed E-state index contributed by atoms with van der Waals surface area (Å²) in [6, 6.07) is 28.7. The van der Waals surface area contributed by atoms with Gasteiger partial charge in [-0.2, -0.15) is 0 Å². The lowest BCUT2D eigenvalue weighted by molar-refractivity contribution is -0.140.